The minimum atomic E-state index is -0.315. The van der Waals surface area contributed by atoms with Crippen molar-refractivity contribution in [3.63, 3.8) is 0 Å². The van der Waals surface area contributed by atoms with Crippen molar-refractivity contribution in [3.8, 4) is 0 Å². The van der Waals surface area contributed by atoms with Crippen LogP contribution in [0.25, 0.3) is 0 Å². The summed E-state index contributed by atoms with van der Waals surface area (Å²) < 4.78 is 13.6. The Morgan fingerprint density at radius 2 is 1.61 bits per heavy atom. The number of benzene rings is 2. The van der Waals surface area contributed by atoms with E-state index in [2.05, 4.69) is 10.6 Å². The first-order valence-corrected chi connectivity index (χ1v) is 9.66. The molecule has 0 atom stereocenters. The molecule has 0 bridgehead atoms. The van der Waals surface area contributed by atoms with Crippen molar-refractivity contribution in [1.29, 1.82) is 0 Å². The van der Waals surface area contributed by atoms with E-state index < -0.39 is 0 Å². The smallest absolute Gasteiger partial charge is 0.234 e. The Morgan fingerprint density at radius 1 is 0.929 bits per heavy atom. The minimum absolute atomic E-state index is 0.0126. The minimum Gasteiger partial charge on any atom is -0.352 e. The van der Waals surface area contributed by atoms with Gasteiger partial charge in [0, 0.05) is 24.6 Å². The molecule has 0 aromatic heterocycles. The maximum absolute atomic E-state index is 13.6. The average molecular weight is 383 g/mol. The Labute approximate surface area is 164 Å². The Bertz CT molecular complexity index is 789. The second kappa shape index (κ2) is 9.99. The highest BCUT2D eigenvalue weighted by molar-refractivity contribution is 5.79. The normalized spacial score (nSPS) is 15.2. The van der Waals surface area contributed by atoms with E-state index in [0.29, 0.717) is 25.2 Å². The van der Waals surface area contributed by atoms with Crippen LogP contribution in [0.5, 0.6) is 0 Å². The molecule has 2 aromatic carbocycles. The summed E-state index contributed by atoms with van der Waals surface area (Å²) in [5.74, 6) is -0.380. The van der Waals surface area contributed by atoms with Crippen LogP contribution < -0.4 is 10.6 Å². The molecule has 1 aliphatic rings. The molecule has 1 aliphatic heterocycles. The largest absolute Gasteiger partial charge is 0.352 e. The van der Waals surface area contributed by atoms with Gasteiger partial charge in [-0.05, 0) is 37.6 Å². The number of hydrogen-bond donors (Lipinski definition) is 2. The number of nitrogens with zero attached hydrogens (tertiary/aromatic N) is 1. The van der Waals surface area contributed by atoms with Gasteiger partial charge in [-0.15, -0.1) is 0 Å². The number of nitrogens with one attached hydrogen (secondary N) is 2. The fourth-order valence-corrected chi connectivity index (χ4v) is 3.38. The van der Waals surface area contributed by atoms with Gasteiger partial charge in [0.15, 0.2) is 0 Å². The fourth-order valence-electron chi connectivity index (χ4n) is 3.38. The van der Waals surface area contributed by atoms with Crippen LogP contribution in [0.4, 0.5) is 4.39 Å². The van der Waals surface area contributed by atoms with Crippen molar-refractivity contribution < 1.29 is 14.0 Å². The first kappa shape index (κ1) is 20.0. The summed E-state index contributed by atoms with van der Waals surface area (Å²) in [5, 5.41) is 5.76. The van der Waals surface area contributed by atoms with Gasteiger partial charge in [-0.2, -0.15) is 0 Å². The molecule has 3 rings (SSSR count). The third-order valence-electron chi connectivity index (χ3n) is 5.07. The number of hydrogen-bond acceptors (Lipinski definition) is 3. The summed E-state index contributed by atoms with van der Waals surface area (Å²) in [7, 11) is 0. The molecule has 1 saturated heterocycles. The summed E-state index contributed by atoms with van der Waals surface area (Å²) in [6, 6.07) is 16.3. The molecule has 0 spiro atoms. The van der Waals surface area contributed by atoms with Crippen LogP contribution in [-0.2, 0) is 22.7 Å². The number of amides is 2. The van der Waals surface area contributed by atoms with Gasteiger partial charge >= 0.3 is 0 Å². The van der Waals surface area contributed by atoms with E-state index in [0.717, 1.165) is 18.4 Å². The van der Waals surface area contributed by atoms with Crippen LogP contribution in [0.2, 0.25) is 0 Å². The molecule has 2 N–H and O–H groups in total. The quantitative estimate of drug-likeness (QED) is 0.772. The second-order valence-electron chi connectivity index (χ2n) is 7.12. The second-order valence-corrected chi connectivity index (χ2v) is 7.12. The zero-order valence-corrected chi connectivity index (χ0v) is 15.9. The summed E-state index contributed by atoms with van der Waals surface area (Å²) in [6.45, 7) is 2.40. The molecule has 5 nitrogen and oxygen atoms in total. The van der Waals surface area contributed by atoms with Gasteiger partial charge in [-0.3, -0.25) is 14.5 Å². The lowest BCUT2D eigenvalue weighted by molar-refractivity contribution is -0.127. The zero-order valence-electron chi connectivity index (χ0n) is 15.9. The maximum atomic E-state index is 13.6. The van der Waals surface area contributed by atoms with Crippen molar-refractivity contribution >= 4 is 11.8 Å². The van der Waals surface area contributed by atoms with Crippen molar-refractivity contribution in [1.82, 2.24) is 15.5 Å². The first-order valence-electron chi connectivity index (χ1n) is 9.66. The zero-order chi connectivity index (χ0) is 19.8. The summed E-state index contributed by atoms with van der Waals surface area (Å²) >= 11 is 0. The third-order valence-corrected chi connectivity index (χ3v) is 5.07. The number of carbonyl (C=O) groups is 2. The van der Waals surface area contributed by atoms with Gasteiger partial charge in [0.2, 0.25) is 11.8 Å². The molecule has 2 amide bonds. The predicted octanol–water partition coefficient (Wildman–Crippen LogP) is 2.47. The third kappa shape index (κ3) is 5.89. The molecule has 0 radical (unpaired) electrons. The van der Waals surface area contributed by atoms with E-state index in [-0.39, 0.29) is 36.6 Å². The van der Waals surface area contributed by atoms with E-state index in [1.807, 2.05) is 35.2 Å². The topological polar surface area (TPSA) is 61.4 Å². The van der Waals surface area contributed by atoms with Crippen molar-refractivity contribution in [2.24, 2.45) is 5.92 Å². The lowest BCUT2D eigenvalue weighted by atomic mass is 9.96. The molecule has 0 saturated carbocycles. The van der Waals surface area contributed by atoms with Crippen LogP contribution in [0.15, 0.2) is 54.6 Å². The summed E-state index contributed by atoms with van der Waals surface area (Å²) in [5.41, 5.74) is 1.56. The highest BCUT2D eigenvalue weighted by Crippen LogP contribution is 2.17. The van der Waals surface area contributed by atoms with Crippen molar-refractivity contribution in [3.05, 3.63) is 71.5 Å². The maximum Gasteiger partial charge on any atom is 0.234 e. The molecular weight excluding hydrogens is 357 g/mol. The molecule has 148 valence electrons. The van der Waals surface area contributed by atoms with Crippen LogP contribution >= 0.6 is 0 Å². The van der Waals surface area contributed by atoms with Crippen LogP contribution in [0, 0.1) is 11.7 Å². The van der Waals surface area contributed by atoms with Crippen molar-refractivity contribution in [2.75, 3.05) is 19.6 Å². The van der Waals surface area contributed by atoms with Crippen LogP contribution in [0.3, 0.4) is 0 Å². The molecule has 6 heteroatoms. The summed E-state index contributed by atoms with van der Waals surface area (Å²) in [4.78, 5) is 26.5. The molecule has 0 unspecified atom stereocenters. The van der Waals surface area contributed by atoms with Crippen LogP contribution in [-0.4, -0.2) is 36.3 Å². The highest BCUT2D eigenvalue weighted by atomic mass is 19.1. The lowest BCUT2D eigenvalue weighted by Crippen LogP contribution is -2.44. The molecular formula is C22H26FN3O2. The Morgan fingerprint density at radius 3 is 2.32 bits per heavy atom. The van der Waals surface area contributed by atoms with Gasteiger partial charge in [-0.25, -0.2) is 4.39 Å². The van der Waals surface area contributed by atoms with E-state index in [1.165, 1.54) is 6.07 Å². The molecule has 1 heterocycles. The molecule has 2 aromatic rings. The highest BCUT2D eigenvalue weighted by Gasteiger charge is 2.25. The van der Waals surface area contributed by atoms with Crippen molar-refractivity contribution in [2.45, 2.75) is 25.9 Å². The number of rotatable bonds is 7. The Balaban J connectivity index is 1.36. The predicted molar refractivity (Wildman–Crippen MR) is 106 cm³/mol. The van der Waals surface area contributed by atoms with E-state index >= 15 is 0 Å². The van der Waals surface area contributed by atoms with E-state index in [1.54, 1.807) is 18.2 Å². The first-order chi connectivity index (χ1) is 13.6. The van der Waals surface area contributed by atoms with Gasteiger partial charge in [0.1, 0.15) is 5.82 Å². The molecule has 1 fully saturated rings. The van der Waals surface area contributed by atoms with Gasteiger partial charge in [0.05, 0.1) is 6.54 Å². The van der Waals surface area contributed by atoms with E-state index in [4.69, 9.17) is 0 Å². The Hall–Kier alpha value is -2.73. The number of likely N-dealkylation sites (tertiary alicyclic amines) is 1. The van der Waals surface area contributed by atoms with Gasteiger partial charge < -0.3 is 10.6 Å². The fraction of sp³-hybridized carbons (Fsp3) is 0.364. The lowest BCUT2D eigenvalue weighted by Gasteiger charge is -2.30. The Kier molecular flexibility index (Phi) is 7.14. The van der Waals surface area contributed by atoms with E-state index in [9.17, 15) is 14.0 Å². The van der Waals surface area contributed by atoms with Gasteiger partial charge in [0.25, 0.3) is 0 Å². The molecule has 28 heavy (non-hydrogen) atoms. The monoisotopic (exact) mass is 383 g/mol. The average Bonchev–Trinajstić information content (AvgIpc) is 2.73. The van der Waals surface area contributed by atoms with Crippen LogP contribution in [0.1, 0.15) is 24.0 Å². The van der Waals surface area contributed by atoms with Gasteiger partial charge in [-0.1, -0.05) is 48.5 Å². The summed E-state index contributed by atoms with van der Waals surface area (Å²) in [6.07, 6.45) is 1.47. The SMILES string of the molecule is O=C(CN1CCC(C(=O)NCc2ccccc2)CC1)NCc1ccccc1F. The standard InChI is InChI=1S/C22H26FN3O2/c23-20-9-5-4-8-19(20)15-24-21(27)16-26-12-10-18(11-13-26)22(28)25-14-17-6-2-1-3-7-17/h1-9,18H,10-16H2,(H,24,27)(H,25,28). The molecule has 0 aliphatic carbocycles. The number of piperidine rings is 1. The number of carbonyl (C=O) groups excluding carboxylic acids is 2. The number of halogens is 1.